The number of nitrogens with zero attached hydrogens (tertiary/aromatic N) is 2. The zero-order chi connectivity index (χ0) is 15.2. The van der Waals surface area contributed by atoms with Crippen molar-refractivity contribution in [2.45, 2.75) is 12.8 Å². The predicted octanol–water partition coefficient (Wildman–Crippen LogP) is 2.52. The van der Waals surface area contributed by atoms with Crippen molar-refractivity contribution in [2.24, 2.45) is 0 Å². The number of carbonyl (C=O) groups is 1. The van der Waals surface area contributed by atoms with Gasteiger partial charge in [0, 0.05) is 24.3 Å². The molecule has 0 spiro atoms. The van der Waals surface area contributed by atoms with Gasteiger partial charge in [0.1, 0.15) is 5.75 Å². The van der Waals surface area contributed by atoms with Crippen molar-refractivity contribution in [2.75, 3.05) is 13.2 Å². The van der Waals surface area contributed by atoms with Gasteiger partial charge >= 0.3 is 0 Å². The molecule has 0 unspecified atom stereocenters. The topological polar surface area (TPSA) is 55.6 Å². The largest absolute Gasteiger partial charge is 0.494 e. The molecular formula is C16H17N3O2S. The number of fused-ring (bicyclic) bond motifs is 1. The van der Waals surface area contributed by atoms with Crippen LogP contribution in [0, 0.1) is 0 Å². The second kappa shape index (κ2) is 7.09. The Labute approximate surface area is 132 Å². The molecule has 3 aromatic rings. The third-order valence-corrected chi connectivity index (χ3v) is 3.91. The van der Waals surface area contributed by atoms with Crippen LogP contribution in [-0.2, 0) is 11.2 Å². The Hall–Kier alpha value is -2.34. The van der Waals surface area contributed by atoms with E-state index in [0.717, 1.165) is 22.8 Å². The third-order valence-electron chi connectivity index (χ3n) is 3.14. The molecule has 2 heterocycles. The summed E-state index contributed by atoms with van der Waals surface area (Å²) < 4.78 is 7.50. The van der Waals surface area contributed by atoms with E-state index in [1.54, 1.807) is 11.3 Å². The van der Waals surface area contributed by atoms with Gasteiger partial charge < -0.3 is 10.1 Å². The molecule has 1 aromatic carbocycles. The Kier molecular flexibility index (Phi) is 4.70. The highest BCUT2D eigenvalue weighted by Crippen LogP contribution is 2.11. The molecule has 0 saturated heterocycles. The van der Waals surface area contributed by atoms with Crippen molar-refractivity contribution in [3.63, 3.8) is 0 Å². The lowest BCUT2D eigenvalue weighted by molar-refractivity contribution is -0.120. The smallest absolute Gasteiger partial charge is 0.226 e. The van der Waals surface area contributed by atoms with Gasteiger partial charge in [0.05, 0.1) is 18.7 Å². The van der Waals surface area contributed by atoms with E-state index in [0.29, 0.717) is 19.6 Å². The van der Waals surface area contributed by atoms with E-state index < -0.39 is 0 Å². The molecule has 114 valence electrons. The summed E-state index contributed by atoms with van der Waals surface area (Å²) in [4.78, 5) is 17.2. The Morgan fingerprint density at radius 2 is 2.18 bits per heavy atom. The highest BCUT2D eigenvalue weighted by Gasteiger charge is 2.07. The first-order valence-electron chi connectivity index (χ1n) is 7.17. The second-order valence-electron chi connectivity index (χ2n) is 4.87. The Bertz CT molecular complexity index is 708. The zero-order valence-corrected chi connectivity index (χ0v) is 12.9. The maximum absolute atomic E-state index is 11.8. The van der Waals surface area contributed by atoms with E-state index >= 15 is 0 Å². The number of ether oxygens (including phenoxy) is 1. The number of hydrogen-bond donors (Lipinski definition) is 1. The van der Waals surface area contributed by atoms with Gasteiger partial charge in [0.15, 0.2) is 4.96 Å². The lowest BCUT2D eigenvalue weighted by Crippen LogP contribution is -2.27. The average Bonchev–Trinajstić information content (AvgIpc) is 3.09. The van der Waals surface area contributed by atoms with Gasteiger partial charge in [-0.2, -0.15) is 0 Å². The number of para-hydroxylation sites is 1. The molecule has 0 fully saturated rings. The monoisotopic (exact) mass is 315 g/mol. The molecule has 1 amide bonds. The molecule has 3 rings (SSSR count). The molecule has 1 N–H and O–H groups in total. The molecule has 0 aliphatic rings. The van der Waals surface area contributed by atoms with Crippen LogP contribution in [0.4, 0.5) is 0 Å². The first-order valence-corrected chi connectivity index (χ1v) is 8.05. The number of rotatable bonds is 7. The Morgan fingerprint density at radius 1 is 1.32 bits per heavy atom. The lowest BCUT2D eigenvalue weighted by atomic mass is 10.3. The van der Waals surface area contributed by atoms with Crippen molar-refractivity contribution < 1.29 is 9.53 Å². The third kappa shape index (κ3) is 3.85. The maximum atomic E-state index is 11.8. The fourth-order valence-electron chi connectivity index (χ4n) is 2.09. The van der Waals surface area contributed by atoms with E-state index in [4.69, 9.17) is 4.74 Å². The standard InChI is InChI=1S/C16H17N3O2S/c20-15(11-13-12-19-8-10-22-16(19)18-13)17-7-4-9-21-14-5-2-1-3-6-14/h1-3,5-6,8,10,12H,4,7,9,11H2,(H,17,20). The second-order valence-corrected chi connectivity index (χ2v) is 5.74. The predicted molar refractivity (Wildman–Crippen MR) is 86.3 cm³/mol. The minimum Gasteiger partial charge on any atom is -0.494 e. The van der Waals surface area contributed by atoms with Gasteiger partial charge in [-0.05, 0) is 18.6 Å². The SMILES string of the molecule is O=C(Cc1cn2ccsc2n1)NCCCOc1ccccc1. The average molecular weight is 315 g/mol. The van der Waals surface area contributed by atoms with Gasteiger partial charge in [-0.15, -0.1) is 11.3 Å². The van der Waals surface area contributed by atoms with Crippen LogP contribution in [-0.4, -0.2) is 28.4 Å². The van der Waals surface area contributed by atoms with Crippen LogP contribution in [0.5, 0.6) is 5.75 Å². The summed E-state index contributed by atoms with van der Waals surface area (Å²) in [5.41, 5.74) is 0.796. The van der Waals surface area contributed by atoms with Crippen LogP contribution in [0.1, 0.15) is 12.1 Å². The van der Waals surface area contributed by atoms with Crippen LogP contribution in [0.2, 0.25) is 0 Å². The van der Waals surface area contributed by atoms with E-state index in [2.05, 4.69) is 10.3 Å². The maximum Gasteiger partial charge on any atom is 0.226 e. The number of thiazole rings is 1. The minimum atomic E-state index is -0.00883. The van der Waals surface area contributed by atoms with Crippen molar-refractivity contribution in [1.82, 2.24) is 14.7 Å². The quantitative estimate of drug-likeness (QED) is 0.682. The normalized spacial score (nSPS) is 10.7. The first kappa shape index (κ1) is 14.6. The summed E-state index contributed by atoms with van der Waals surface area (Å²) in [7, 11) is 0. The van der Waals surface area contributed by atoms with E-state index in [1.165, 1.54) is 0 Å². The van der Waals surface area contributed by atoms with E-state index in [9.17, 15) is 4.79 Å². The zero-order valence-electron chi connectivity index (χ0n) is 12.1. The fraction of sp³-hybridized carbons (Fsp3) is 0.250. The lowest BCUT2D eigenvalue weighted by Gasteiger charge is -2.06. The molecule has 2 aromatic heterocycles. The van der Waals surface area contributed by atoms with Crippen LogP contribution in [0.15, 0.2) is 48.1 Å². The number of nitrogens with one attached hydrogen (secondary N) is 1. The number of carbonyl (C=O) groups excluding carboxylic acids is 1. The van der Waals surface area contributed by atoms with Crippen molar-refractivity contribution in [1.29, 1.82) is 0 Å². The molecule has 0 aliphatic carbocycles. The molecule has 0 atom stereocenters. The molecule has 0 bridgehead atoms. The van der Waals surface area contributed by atoms with Crippen LogP contribution >= 0.6 is 11.3 Å². The molecule has 0 saturated carbocycles. The van der Waals surface area contributed by atoms with Crippen LogP contribution < -0.4 is 10.1 Å². The molecule has 6 heteroatoms. The number of imidazole rings is 1. The van der Waals surface area contributed by atoms with Crippen LogP contribution in [0.3, 0.4) is 0 Å². The summed E-state index contributed by atoms with van der Waals surface area (Å²) in [5.74, 6) is 0.845. The van der Waals surface area contributed by atoms with Gasteiger partial charge in [-0.1, -0.05) is 18.2 Å². The van der Waals surface area contributed by atoms with Gasteiger partial charge in [-0.25, -0.2) is 4.98 Å². The molecular weight excluding hydrogens is 298 g/mol. The highest BCUT2D eigenvalue weighted by atomic mass is 32.1. The molecule has 0 aliphatic heterocycles. The number of benzene rings is 1. The van der Waals surface area contributed by atoms with E-state index in [1.807, 2.05) is 52.5 Å². The van der Waals surface area contributed by atoms with E-state index in [-0.39, 0.29) is 5.91 Å². The minimum absolute atomic E-state index is 0.00883. The summed E-state index contributed by atoms with van der Waals surface area (Å²) >= 11 is 1.56. The summed E-state index contributed by atoms with van der Waals surface area (Å²) in [6.07, 6.45) is 4.92. The van der Waals surface area contributed by atoms with Gasteiger partial charge in [0.25, 0.3) is 0 Å². The molecule has 5 nitrogen and oxygen atoms in total. The van der Waals surface area contributed by atoms with Crippen LogP contribution in [0.25, 0.3) is 4.96 Å². The number of amides is 1. The highest BCUT2D eigenvalue weighted by molar-refractivity contribution is 7.15. The van der Waals surface area contributed by atoms with Crippen molar-refractivity contribution >= 4 is 22.2 Å². The Balaban J connectivity index is 1.35. The van der Waals surface area contributed by atoms with Crippen molar-refractivity contribution in [3.8, 4) is 5.75 Å². The molecule has 0 radical (unpaired) electrons. The van der Waals surface area contributed by atoms with Gasteiger partial charge in [0.2, 0.25) is 5.91 Å². The van der Waals surface area contributed by atoms with Gasteiger partial charge in [-0.3, -0.25) is 9.20 Å². The molecule has 22 heavy (non-hydrogen) atoms. The first-order chi connectivity index (χ1) is 10.8. The summed E-state index contributed by atoms with van der Waals surface area (Å²) in [5, 5.41) is 4.86. The summed E-state index contributed by atoms with van der Waals surface area (Å²) in [6.45, 7) is 1.19. The number of hydrogen-bond acceptors (Lipinski definition) is 4. The summed E-state index contributed by atoms with van der Waals surface area (Å²) in [6, 6.07) is 9.67. The fourth-order valence-corrected chi connectivity index (χ4v) is 2.81. The number of aromatic nitrogens is 2. The van der Waals surface area contributed by atoms with Crippen molar-refractivity contribution in [3.05, 3.63) is 53.8 Å². The Morgan fingerprint density at radius 3 is 3.00 bits per heavy atom.